The van der Waals surface area contributed by atoms with Crippen molar-refractivity contribution in [2.24, 2.45) is 0 Å². The van der Waals surface area contributed by atoms with Crippen LogP contribution in [0.5, 0.6) is 0 Å². The SMILES string of the molecule is Nc1cc(C(=O)NCC(F)(F)F)c(Cl)cn1. The Morgan fingerprint density at radius 3 is 2.75 bits per heavy atom. The van der Waals surface area contributed by atoms with E-state index in [-0.39, 0.29) is 16.4 Å². The Balaban J connectivity index is 2.77. The molecule has 3 N–H and O–H groups in total. The van der Waals surface area contributed by atoms with Crippen molar-refractivity contribution in [2.75, 3.05) is 12.3 Å². The van der Waals surface area contributed by atoms with Gasteiger partial charge in [-0.1, -0.05) is 11.6 Å². The average molecular weight is 254 g/mol. The van der Waals surface area contributed by atoms with E-state index in [4.69, 9.17) is 17.3 Å². The summed E-state index contributed by atoms with van der Waals surface area (Å²) in [7, 11) is 0. The van der Waals surface area contributed by atoms with Crippen LogP contribution in [0, 0.1) is 0 Å². The Kier molecular flexibility index (Phi) is 3.58. The highest BCUT2D eigenvalue weighted by molar-refractivity contribution is 6.33. The molecule has 1 rings (SSSR count). The fraction of sp³-hybridized carbons (Fsp3) is 0.250. The average Bonchev–Trinajstić information content (AvgIpc) is 2.17. The maximum atomic E-state index is 11.8. The van der Waals surface area contributed by atoms with Gasteiger partial charge in [0, 0.05) is 6.20 Å². The van der Waals surface area contributed by atoms with Crippen molar-refractivity contribution in [3.63, 3.8) is 0 Å². The van der Waals surface area contributed by atoms with Crippen molar-refractivity contribution in [1.29, 1.82) is 0 Å². The highest BCUT2D eigenvalue weighted by atomic mass is 35.5. The first-order valence-electron chi connectivity index (χ1n) is 4.05. The van der Waals surface area contributed by atoms with E-state index in [9.17, 15) is 18.0 Å². The van der Waals surface area contributed by atoms with E-state index in [0.29, 0.717) is 0 Å². The zero-order chi connectivity index (χ0) is 12.3. The highest BCUT2D eigenvalue weighted by Crippen LogP contribution is 2.17. The van der Waals surface area contributed by atoms with Crippen molar-refractivity contribution in [3.05, 3.63) is 22.8 Å². The van der Waals surface area contributed by atoms with Gasteiger partial charge in [0.1, 0.15) is 12.4 Å². The number of nitrogens with two attached hydrogens (primary N) is 1. The van der Waals surface area contributed by atoms with Gasteiger partial charge in [0.25, 0.3) is 5.91 Å². The summed E-state index contributed by atoms with van der Waals surface area (Å²) >= 11 is 5.58. The first-order valence-corrected chi connectivity index (χ1v) is 4.43. The number of amides is 1. The molecular formula is C8H7ClF3N3O. The zero-order valence-electron chi connectivity index (χ0n) is 7.81. The maximum absolute atomic E-state index is 11.8. The molecule has 1 aromatic heterocycles. The number of nitrogen functional groups attached to an aromatic ring is 1. The number of hydrogen-bond donors (Lipinski definition) is 2. The number of anilines is 1. The first-order chi connectivity index (χ1) is 7.29. The van der Waals surface area contributed by atoms with Gasteiger partial charge < -0.3 is 11.1 Å². The quantitative estimate of drug-likeness (QED) is 0.841. The van der Waals surface area contributed by atoms with Gasteiger partial charge >= 0.3 is 6.18 Å². The minimum absolute atomic E-state index is 0.00144. The van der Waals surface area contributed by atoms with Crippen LogP contribution in [0.15, 0.2) is 12.3 Å². The molecule has 0 unspecified atom stereocenters. The third-order valence-electron chi connectivity index (χ3n) is 1.57. The van der Waals surface area contributed by atoms with E-state index in [1.54, 1.807) is 5.32 Å². The smallest absolute Gasteiger partial charge is 0.384 e. The molecule has 0 aliphatic heterocycles. The lowest BCUT2D eigenvalue weighted by Crippen LogP contribution is -2.33. The molecule has 16 heavy (non-hydrogen) atoms. The summed E-state index contributed by atoms with van der Waals surface area (Å²) in [6, 6.07) is 1.11. The first kappa shape index (κ1) is 12.6. The molecule has 0 saturated carbocycles. The molecule has 1 aromatic rings. The Hall–Kier alpha value is -1.50. The molecule has 1 heterocycles. The van der Waals surface area contributed by atoms with Gasteiger partial charge in [0.2, 0.25) is 0 Å². The molecule has 0 fully saturated rings. The lowest BCUT2D eigenvalue weighted by Gasteiger charge is -2.09. The van der Waals surface area contributed by atoms with Gasteiger partial charge in [-0.05, 0) is 6.07 Å². The van der Waals surface area contributed by atoms with Crippen molar-refractivity contribution in [2.45, 2.75) is 6.18 Å². The number of halogens is 4. The number of carbonyl (C=O) groups excluding carboxylic acids is 1. The number of hydrogen-bond acceptors (Lipinski definition) is 3. The third kappa shape index (κ3) is 3.58. The lowest BCUT2D eigenvalue weighted by atomic mass is 10.2. The van der Waals surface area contributed by atoms with Crippen molar-refractivity contribution in [3.8, 4) is 0 Å². The third-order valence-corrected chi connectivity index (χ3v) is 1.87. The molecule has 0 spiro atoms. The maximum Gasteiger partial charge on any atom is 0.405 e. The van der Waals surface area contributed by atoms with Crippen molar-refractivity contribution < 1.29 is 18.0 Å². The van der Waals surface area contributed by atoms with Crippen LogP contribution in [0.4, 0.5) is 19.0 Å². The van der Waals surface area contributed by atoms with Gasteiger partial charge in [0.15, 0.2) is 0 Å². The van der Waals surface area contributed by atoms with Crippen LogP contribution in [0.2, 0.25) is 5.02 Å². The number of nitrogens with zero attached hydrogens (tertiary/aromatic N) is 1. The summed E-state index contributed by atoms with van der Waals surface area (Å²) in [6.45, 7) is -1.43. The largest absolute Gasteiger partial charge is 0.405 e. The summed E-state index contributed by atoms with van der Waals surface area (Å²) < 4.78 is 35.5. The second kappa shape index (κ2) is 4.56. The van der Waals surface area contributed by atoms with Crippen LogP contribution in [-0.4, -0.2) is 23.6 Å². The molecule has 0 aliphatic carbocycles. The van der Waals surface area contributed by atoms with Gasteiger partial charge in [-0.25, -0.2) is 4.98 Å². The van der Waals surface area contributed by atoms with Crippen LogP contribution in [-0.2, 0) is 0 Å². The Morgan fingerprint density at radius 2 is 2.19 bits per heavy atom. The van der Waals surface area contributed by atoms with Crippen molar-refractivity contribution in [1.82, 2.24) is 10.3 Å². The number of pyridine rings is 1. The number of nitrogens with one attached hydrogen (secondary N) is 1. The number of aromatic nitrogens is 1. The van der Waals surface area contributed by atoms with Crippen LogP contribution in [0.1, 0.15) is 10.4 Å². The molecule has 0 aromatic carbocycles. The number of rotatable bonds is 2. The molecule has 88 valence electrons. The monoisotopic (exact) mass is 253 g/mol. The second-order valence-corrected chi connectivity index (χ2v) is 3.29. The van der Waals surface area contributed by atoms with Crippen LogP contribution in [0.25, 0.3) is 0 Å². The second-order valence-electron chi connectivity index (χ2n) is 2.89. The summed E-state index contributed by atoms with van der Waals surface area (Å²) in [5, 5.41) is 1.61. The van der Waals surface area contributed by atoms with E-state index in [0.717, 1.165) is 12.3 Å². The van der Waals surface area contributed by atoms with Crippen LogP contribution in [0.3, 0.4) is 0 Å². The fourth-order valence-corrected chi connectivity index (χ4v) is 1.09. The lowest BCUT2D eigenvalue weighted by molar-refractivity contribution is -0.123. The van der Waals surface area contributed by atoms with Gasteiger partial charge in [-0.3, -0.25) is 4.79 Å². The normalized spacial score (nSPS) is 11.2. The van der Waals surface area contributed by atoms with Crippen LogP contribution >= 0.6 is 11.6 Å². The van der Waals surface area contributed by atoms with E-state index < -0.39 is 18.6 Å². The van der Waals surface area contributed by atoms with E-state index >= 15 is 0 Å². The summed E-state index contributed by atoms with van der Waals surface area (Å²) in [6.07, 6.45) is -3.37. The van der Waals surface area contributed by atoms with Crippen LogP contribution < -0.4 is 11.1 Å². The van der Waals surface area contributed by atoms with E-state index in [2.05, 4.69) is 4.98 Å². The van der Waals surface area contributed by atoms with Gasteiger partial charge in [-0.15, -0.1) is 0 Å². The summed E-state index contributed by atoms with van der Waals surface area (Å²) in [4.78, 5) is 14.9. The van der Waals surface area contributed by atoms with Gasteiger partial charge in [-0.2, -0.15) is 13.2 Å². The van der Waals surface area contributed by atoms with Gasteiger partial charge in [0.05, 0.1) is 10.6 Å². The topological polar surface area (TPSA) is 68.0 Å². The molecule has 0 radical (unpaired) electrons. The standard InChI is InChI=1S/C8H7ClF3N3O/c9-5-2-14-6(13)1-4(5)7(16)15-3-8(10,11)12/h1-2H,3H2,(H2,13,14)(H,15,16). The Morgan fingerprint density at radius 1 is 1.56 bits per heavy atom. The molecule has 0 saturated heterocycles. The fourth-order valence-electron chi connectivity index (χ4n) is 0.905. The molecule has 1 amide bonds. The molecule has 0 bridgehead atoms. The molecule has 8 heteroatoms. The Bertz CT molecular complexity index is 408. The predicted octanol–water partition coefficient (Wildman–Crippen LogP) is 1.61. The summed E-state index contributed by atoms with van der Waals surface area (Å²) in [5.74, 6) is -0.946. The predicted molar refractivity (Wildman–Crippen MR) is 52.0 cm³/mol. The van der Waals surface area contributed by atoms with E-state index in [1.165, 1.54) is 0 Å². The van der Waals surface area contributed by atoms with Crippen molar-refractivity contribution >= 4 is 23.3 Å². The Labute approximate surface area is 93.6 Å². The zero-order valence-corrected chi connectivity index (χ0v) is 8.56. The minimum atomic E-state index is -4.47. The molecular weight excluding hydrogens is 247 g/mol. The number of alkyl halides is 3. The molecule has 4 nitrogen and oxygen atoms in total. The number of carbonyl (C=O) groups is 1. The highest BCUT2D eigenvalue weighted by Gasteiger charge is 2.28. The molecule has 0 aliphatic rings. The minimum Gasteiger partial charge on any atom is -0.384 e. The summed E-state index contributed by atoms with van der Waals surface area (Å²) in [5.41, 5.74) is 5.13. The van der Waals surface area contributed by atoms with E-state index in [1.807, 2.05) is 0 Å². The molecule has 0 atom stereocenters.